The minimum atomic E-state index is -0.208. The summed E-state index contributed by atoms with van der Waals surface area (Å²) in [4.78, 5) is 2.95. The molecule has 1 heterocycles. The van der Waals surface area contributed by atoms with E-state index in [-0.39, 0.29) is 5.82 Å². The molecule has 0 amide bonds. The molecular weight excluding hydrogens is 141 g/mol. The third-order valence-corrected chi connectivity index (χ3v) is 1.63. The first-order chi connectivity index (χ1) is 5.36. The zero-order valence-electron chi connectivity index (χ0n) is 5.84. The molecule has 1 N–H and O–H groups in total. The van der Waals surface area contributed by atoms with E-state index in [0.29, 0.717) is 0 Å². The topological polar surface area (TPSA) is 14.1 Å². The second kappa shape index (κ2) is 2.31. The van der Waals surface area contributed by atoms with Gasteiger partial charge in [-0.1, -0.05) is 0 Å². The molecule has 11 heavy (non-hydrogen) atoms. The molecule has 0 unspecified atom stereocenters. The quantitative estimate of drug-likeness (QED) is 0.540. The van der Waals surface area contributed by atoms with Gasteiger partial charge in [-0.15, -0.1) is 0 Å². The molecule has 0 aliphatic heterocycles. The van der Waals surface area contributed by atoms with Crippen LogP contribution in [0.5, 0.6) is 0 Å². The maximum Gasteiger partial charge on any atom is 0.213 e. The van der Waals surface area contributed by atoms with Crippen molar-refractivity contribution in [3.05, 3.63) is 42.3 Å². The van der Waals surface area contributed by atoms with Crippen molar-refractivity contribution in [1.29, 1.82) is 0 Å². The highest BCUT2D eigenvalue weighted by Crippen LogP contribution is 2.08. The van der Waals surface area contributed by atoms with E-state index >= 15 is 0 Å². The highest BCUT2D eigenvalue weighted by molar-refractivity contribution is 5.74. The molecule has 1 aromatic heterocycles. The fourth-order valence-corrected chi connectivity index (χ4v) is 1.09. The summed E-state index contributed by atoms with van der Waals surface area (Å²) in [5.41, 5.74) is 0.826. The SMILES string of the molecule is Fc1ccc2ccc[nH+]c2c1. The average Bonchev–Trinajstić information content (AvgIpc) is 2.04. The molecule has 0 fully saturated rings. The molecule has 0 radical (unpaired) electrons. The lowest BCUT2D eigenvalue weighted by Crippen LogP contribution is -2.00. The molecule has 0 aliphatic rings. The van der Waals surface area contributed by atoms with Gasteiger partial charge >= 0.3 is 0 Å². The van der Waals surface area contributed by atoms with Crippen LogP contribution in [0.4, 0.5) is 4.39 Å². The maximum absolute atomic E-state index is 12.6. The minimum absolute atomic E-state index is 0.208. The molecule has 2 aromatic rings. The first-order valence-electron chi connectivity index (χ1n) is 3.42. The van der Waals surface area contributed by atoms with Crippen molar-refractivity contribution >= 4 is 10.9 Å². The third-order valence-electron chi connectivity index (χ3n) is 1.63. The van der Waals surface area contributed by atoms with Crippen molar-refractivity contribution in [1.82, 2.24) is 0 Å². The van der Waals surface area contributed by atoms with Crippen molar-refractivity contribution in [2.45, 2.75) is 0 Å². The molecule has 0 spiro atoms. The smallest absolute Gasteiger partial charge is 0.211 e. The summed E-state index contributed by atoms with van der Waals surface area (Å²) in [6.45, 7) is 0. The molecule has 0 saturated heterocycles. The fraction of sp³-hybridized carbons (Fsp3) is 0. The van der Waals surface area contributed by atoms with E-state index in [0.717, 1.165) is 10.9 Å². The van der Waals surface area contributed by atoms with Crippen LogP contribution in [0.15, 0.2) is 36.5 Å². The Morgan fingerprint density at radius 1 is 1.18 bits per heavy atom. The summed E-state index contributed by atoms with van der Waals surface area (Å²) in [5.74, 6) is -0.208. The zero-order chi connectivity index (χ0) is 7.68. The van der Waals surface area contributed by atoms with Gasteiger partial charge in [-0.25, -0.2) is 9.37 Å². The van der Waals surface area contributed by atoms with Crippen molar-refractivity contribution < 1.29 is 9.37 Å². The lowest BCUT2D eigenvalue weighted by Gasteiger charge is -1.88. The number of halogens is 1. The molecule has 54 valence electrons. The molecule has 0 saturated carbocycles. The Hall–Kier alpha value is -1.44. The van der Waals surface area contributed by atoms with E-state index in [4.69, 9.17) is 0 Å². The van der Waals surface area contributed by atoms with Crippen LogP contribution in [0.1, 0.15) is 0 Å². The number of H-pyrrole nitrogens is 1. The summed E-state index contributed by atoms with van der Waals surface area (Å²) in [5, 5.41) is 1.02. The van der Waals surface area contributed by atoms with Crippen molar-refractivity contribution in [2.75, 3.05) is 0 Å². The van der Waals surface area contributed by atoms with Gasteiger partial charge in [0.2, 0.25) is 5.52 Å². The second-order valence-electron chi connectivity index (χ2n) is 2.40. The van der Waals surface area contributed by atoms with Gasteiger partial charge < -0.3 is 0 Å². The lowest BCUT2D eigenvalue weighted by molar-refractivity contribution is -0.344. The molecule has 2 rings (SSSR count). The molecular formula is C9H7FN+. The Bertz CT molecular complexity index is 384. The van der Waals surface area contributed by atoms with Gasteiger partial charge in [0, 0.05) is 17.5 Å². The Balaban J connectivity index is 2.83. The van der Waals surface area contributed by atoms with Gasteiger partial charge in [0.1, 0.15) is 5.82 Å². The summed E-state index contributed by atoms with van der Waals surface area (Å²) >= 11 is 0. The number of benzene rings is 1. The zero-order valence-corrected chi connectivity index (χ0v) is 5.84. The molecule has 1 aromatic carbocycles. The molecule has 2 heteroatoms. The van der Waals surface area contributed by atoms with Crippen LogP contribution >= 0.6 is 0 Å². The number of hydrogen-bond donors (Lipinski definition) is 0. The number of aromatic amines is 1. The Kier molecular flexibility index (Phi) is 1.32. The highest BCUT2D eigenvalue weighted by atomic mass is 19.1. The van der Waals surface area contributed by atoms with E-state index in [1.165, 1.54) is 12.1 Å². The van der Waals surface area contributed by atoms with Crippen molar-refractivity contribution in [3.63, 3.8) is 0 Å². The lowest BCUT2D eigenvalue weighted by atomic mass is 10.2. The van der Waals surface area contributed by atoms with E-state index in [2.05, 4.69) is 4.98 Å². The highest BCUT2D eigenvalue weighted by Gasteiger charge is 1.98. The Morgan fingerprint density at radius 3 is 3.00 bits per heavy atom. The molecule has 1 nitrogen and oxygen atoms in total. The summed E-state index contributed by atoms with van der Waals surface area (Å²) in [7, 11) is 0. The van der Waals surface area contributed by atoms with Crippen LogP contribution in [-0.2, 0) is 0 Å². The molecule has 0 atom stereocenters. The predicted molar refractivity (Wildman–Crippen MR) is 40.5 cm³/mol. The number of nitrogens with one attached hydrogen (secondary N) is 1. The van der Waals surface area contributed by atoms with Crippen LogP contribution < -0.4 is 4.98 Å². The van der Waals surface area contributed by atoms with Gasteiger partial charge in [0.05, 0.1) is 0 Å². The van der Waals surface area contributed by atoms with E-state index in [1.807, 2.05) is 12.1 Å². The predicted octanol–water partition coefficient (Wildman–Crippen LogP) is 1.79. The van der Waals surface area contributed by atoms with Gasteiger partial charge in [0.25, 0.3) is 0 Å². The van der Waals surface area contributed by atoms with Crippen LogP contribution in [0.2, 0.25) is 0 Å². The number of hydrogen-bond acceptors (Lipinski definition) is 0. The third kappa shape index (κ3) is 1.07. The normalized spacial score (nSPS) is 10.3. The number of aromatic nitrogens is 1. The Labute approximate surface area is 63.5 Å². The fourth-order valence-electron chi connectivity index (χ4n) is 1.09. The number of rotatable bonds is 0. The van der Waals surface area contributed by atoms with E-state index in [9.17, 15) is 4.39 Å². The van der Waals surface area contributed by atoms with Crippen molar-refractivity contribution in [3.8, 4) is 0 Å². The Morgan fingerprint density at radius 2 is 2.09 bits per heavy atom. The van der Waals surface area contributed by atoms with E-state index in [1.54, 1.807) is 12.3 Å². The van der Waals surface area contributed by atoms with Crippen LogP contribution in [0.25, 0.3) is 10.9 Å². The van der Waals surface area contributed by atoms with Gasteiger partial charge in [-0.05, 0) is 18.2 Å². The first-order valence-corrected chi connectivity index (χ1v) is 3.42. The maximum atomic E-state index is 12.6. The average molecular weight is 148 g/mol. The van der Waals surface area contributed by atoms with Crippen LogP contribution in [0, 0.1) is 5.82 Å². The molecule has 0 aliphatic carbocycles. The van der Waals surface area contributed by atoms with E-state index < -0.39 is 0 Å². The summed E-state index contributed by atoms with van der Waals surface area (Å²) in [6.07, 6.45) is 1.78. The monoisotopic (exact) mass is 148 g/mol. The summed E-state index contributed by atoms with van der Waals surface area (Å²) in [6, 6.07) is 8.51. The van der Waals surface area contributed by atoms with Crippen LogP contribution in [-0.4, -0.2) is 0 Å². The van der Waals surface area contributed by atoms with Gasteiger partial charge in [-0.2, -0.15) is 0 Å². The van der Waals surface area contributed by atoms with Gasteiger partial charge in [0.15, 0.2) is 6.20 Å². The number of fused-ring (bicyclic) bond motifs is 1. The first kappa shape index (κ1) is 6.28. The summed E-state index contributed by atoms with van der Waals surface area (Å²) < 4.78 is 12.6. The van der Waals surface area contributed by atoms with Crippen molar-refractivity contribution in [2.24, 2.45) is 0 Å². The minimum Gasteiger partial charge on any atom is -0.211 e. The van der Waals surface area contributed by atoms with Gasteiger partial charge in [-0.3, -0.25) is 0 Å². The van der Waals surface area contributed by atoms with Crippen LogP contribution in [0.3, 0.4) is 0 Å². The molecule has 0 bridgehead atoms. The number of pyridine rings is 1. The second-order valence-corrected chi connectivity index (χ2v) is 2.40. The largest absolute Gasteiger partial charge is 0.213 e. The standard InChI is InChI=1S/C9H6FN/c10-8-4-3-7-2-1-5-11-9(7)6-8/h1-6H/p+1.